The summed E-state index contributed by atoms with van der Waals surface area (Å²) in [5.41, 5.74) is 2.82. The lowest BCUT2D eigenvalue weighted by atomic mass is 9.89. The van der Waals surface area contributed by atoms with E-state index in [-0.39, 0.29) is 37.7 Å². The number of rotatable bonds is 7. The van der Waals surface area contributed by atoms with Crippen LogP contribution >= 0.6 is 0 Å². The summed E-state index contributed by atoms with van der Waals surface area (Å²) in [5.74, 6) is -2.62. The van der Waals surface area contributed by atoms with Gasteiger partial charge in [-0.2, -0.15) is 13.2 Å². The fourth-order valence-electron chi connectivity index (χ4n) is 6.16. The lowest BCUT2D eigenvalue weighted by Gasteiger charge is -2.43. The Balaban J connectivity index is 1.35. The number of ether oxygens (including phenoxy) is 2. The van der Waals surface area contributed by atoms with Crippen LogP contribution in [-0.2, 0) is 25.7 Å². The van der Waals surface area contributed by atoms with Gasteiger partial charge >= 0.3 is 12.1 Å². The number of carbonyl (C=O) groups excluding carboxylic acids is 2. The highest BCUT2D eigenvalue weighted by atomic mass is 19.4. The van der Waals surface area contributed by atoms with Gasteiger partial charge in [-0.05, 0) is 62.0 Å². The normalized spacial score (nSPS) is 27.2. The first-order valence-electron chi connectivity index (χ1n) is 14.7. The van der Waals surface area contributed by atoms with Crippen LogP contribution < -0.4 is 5.32 Å². The van der Waals surface area contributed by atoms with E-state index in [1.165, 1.54) is 6.42 Å². The van der Waals surface area contributed by atoms with E-state index in [0.717, 1.165) is 43.6 Å². The Morgan fingerprint density at radius 1 is 0.976 bits per heavy atom. The summed E-state index contributed by atoms with van der Waals surface area (Å²) in [6, 6.07) is 13.4. The highest BCUT2D eigenvalue weighted by molar-refractivity contribution is 5.98. The molecule has 3 aliphatic heterocycles. The van der Waals surface area contributed by atoms with Gasteiger partial charge < -0.3 is 29.7 Å². The van der Waals surface area contributed by atoms with Crippen molar-refractivity contribution in [3.05, 3.63) is 65.2 Å². The predicted octanol–water partition coefficient (Wildman–Crippen LogP) is 4.95. The molecule has 0 unspecified atom stereocenters. The fraction of sp³-hybridized carbons (Fsp3) is 0.548. The lowest BCUT2D eigenvalue weighted by Crippen LogP contribution is -2.48. The molecule has 228 valence electrons. The zero-order valence-corrected chi connectivity index (χ0v) is 23.7. The Morgan fingerprint density at radius 3 is 2.40 bits per heavy atom. The van der Waals surface area contributed by atoms with Crippen LogP contribution in [-0.4, -0.2) is 71.2 Å². The number of carbonyl (C=O) groups is 2. The molecule has 5 atom stereocenters. The van der Waals surface area contributed by atoms with Gasteiger partial charge in [-0.3, -0.25) is 9.59 Å². The largest absolute Gasteiger partial charge is 0.471 e. The third kappa shape index (κ3) is 6.96. The molecule has 0 spiro atoms. The van der Waals surface area contributed by atoms with E-state index in [1.807, 2.05) is 30.3 Å². The second kappa shape index (κ2) is 13.1. The Kier molecular flexibility index (Phi) is 9.51. The third-order valence-electron chi connectivity index (χ3n) is 8.50. The van der Waals surface area contributed by atoms with Crippen molar-refractivity contribution < 1.29 is 37.3 Å². The zero-order chi connectivity index (χ0) is 29.9. The number of aliphatic hydroxyl groups is 1. The molecule has 8 nitrogen and oxygen atoms in total. The van der Waals surface area contributed by atoms with Crippen molar-refractivity contribution in [2.75, 3.05) is 31.5 Å². The van der Waals surface area contributed by atoms with Gasteiger partial charge in [0.15, 0.2) is 6.29 Å². The molecule has 2 aromatic rings. The number of piperidine rings is 1. The summed E-state index contributed by atoms with van der Waals surface area (Å²) < 4.78 is 52.2. The first-order chi connectivity index (χ1) is 20.1. The molecule has 2 amide bonds. The number of nitrogens with zero attached hydrogens (tertiary/aromatic N) is 2. The molecule has 2 aromatic carbocycles. The second-order valence-corrected chi connectivity index (χ2v) is 11.5. The molecule has 0 aliphatic carbocycles. The van der Waals surface area contributed by atoms with Crippen LogP contribution in [0.25, 0.3) is 0 Å². The van der Waals surface area contributed by atoms with E-state index in [9.17, 15) is 27.9 Å². The van der Waals surface area contributed by atoms with Crippen molar-refractivity contribution in [1.29, 1.82) is 0 Å². The fourth-order valence-corrected chi connectivity index (χ4v) is 6.16. The zero-order valence-electron chi connectivity index (χ0n) is 23.7. The van der Waals surface area contributed by atoms with Gasteiger partial charge in [-0.1, -0.05) is 49.7 Å². The van der Waals surface area contributed by atoms with Crippen molar-refractivity contribution in [1.82, 2.24) is 9.80 Å². The number of halogens is 3. The van der Waals surface area contributed by atoms with E-state index in [4.69, 9.17) is 9.47 Å². The molecule has 3 fully saturated rings. The van der Waals surface area contributed by atoms with Crippen molar-refractivity contribution in [2.24, 2.45) is 5.92 Å². The number of amides is 2. The van der Waals surface area contributed by atoms with Crippen molar-refractivity contribution in [3.63, 3.8) is 0 Å². The number of hydrogen-bond donors (Lipinski definition) is 2. The number of nitrogens with one attached hydrogen (secondary N) is 1. The summed E-state index contributed by atoms with van der Waals surface area (Å²) in [4.78, 5) is 27.9. The average molecular weight is 590 g/mol. The van der Waals surface area contributed by atoms with Crippen LogP contribution in [0.5, 0.6) is 0 Å². The summed E-state index contributed by atoms with van der Waals surface area (Å²) in [6.07, 6.45) is -2.18. The Morgan fingerprint density at radius 2 is 1.71 bits per heavy atom. The predicted molar refractivity (Wildman–Crippen MR) is 149 cm³/mol. The quantitative estimate of drug-likeness (QED) is 0.475. The monoisotopic (exact) mass is 589 g/mol. The maximum absolute atomic E-state index is 13.1. The van der Waals surface area contributed by atoms with Gasteiger partial charge in [-0.15, -0.1) is 0 Å². The van der Waals surface area contributed by atoms with E-state index in [0.29, 0.717) is 22.6 Å². The smallest absolute Gasteiger partial charge is 0.392 e. The first kappa shape index (κ1) is 30.5. The van der Waals surface area contributed by atoms with Crippen molar-refractivity contribution in [2.45, 2.75) is 76.4 Å². The molecule has 3 aliphatic rings. The molecular weight excluding hydrogens is 551 g/mol. The Hall–Kier alpha value is -2.99. The minimum atomic E-state index is -5.03. The molecule has 0 aromatic heterocycles. The van der Waals surface area contributed by atoms with Crippen LogP contribution in [0.1, 0.15) is 68.1 Å². The van der Waals surface area contributed by atoms with Crippen LogP contribution in [0.4, 0.5) is 18.9 Å². The number of benzene rings is 2. The Labute approximate surface area is 243 Å². The maximum Gasteiger partial charge on any atom is 0.471 e. The van der Waals surface area contributed by atoms with E-state index in [1.54, 1.807) is 18.2 Å². The average Bonchev–Trinajstić information content (AvgIpc) is 3.48. The van der Waals surface area contributed by atoms with Crippen molar-refractivity contribution in [3.8, 4) is 0 Å². The summed E-state index contributed by atoms with van der Waals surface area (Å²) >= 11 is 0. The summed E-state index contributed by atoms with van der Waals surface area (Å²) in [6.45, 7) is 4.74. The molecule has 42 heavy (non-hydrogen) atoms. The highest BCUT2D eigenvalue weighted by Crippen LogP contribution is 2.42. The van der Waals surface area contributed by atoms with E-state index >= 15 is 0 Å². The standard InChI is InChI=1S/C31H38F3N3O5/c1-20-26(18-36-14-3-2-4-15-36)41-29(42-27(20)22-12-10-21(19-38)11-13-22)23-7-5-8-24(17-23)35-28(39)25-9-6-16-37(25)30(40)31(32,33)34/h5,7-8,10-13,17,20,25-27,29,38H,2-4,6,9,14-16,18-19H2,1H3,(H,35,39)/t20-,25-,26+,27+,29+/m0/s1. The molecule has 0 bridgehead atoms. The van der Waals surface area contributed by atoms with Gasteiger partial charge in [0.1, 0.15) is 6.04 Å². The van der Waals surface area contributed by atoms with Crippen LogP contribution in [0.2, 0.25) is 0 Å². The third-order valence-corrected chi connectivity index (χ3v) is 8.50. The SMILES string of the molecule is C[C@H]1[C@@H](CN2CCCCC2)O[C@@H](c2cccc(NC(=O)[C@@H]3CCCN3C(=O)C(F)(F)F)c2)O[C@H]1c1ccc(CO)cc1. The second-order valence-electron chi connectivity index (χ2n) is 11.5. The van der Waals surface area contributed by atoms with E-state index < -0.39 is 30.3 Å². The molecule has 11 heteroatoms. The summed E-state index contributed by atoms with van der Waals surface area (Å²) in [5, 5.41) is 12.2. The van der Waals surface area contributed by atoms with E-state index in [2.05, 4.69) is 17.1 Å². The van der Waals surface area contributed by atoms with Gasteiger partial charge in [0, 0.05) is 30.3 Å². The van der Waals surface area contributed by atoms with Crippen LogP contribution in [0.15, 0.2) is 48.5 Å². The number of hydrogen-bond acceptors (Lipinski definition) is 6. The number of alkyl halides is 3. The maximum atomic E-state index is 13.1. The highest BCUT2D eigenvalue weighted by Gasteiger charge is 2.47. The first-order valence-corrected chi connectivity index (χ1v) is 14.7. The van der Waals surface area contributed by atoms with Gasteiger partial charge in [-0.25, -0.2) is 0 Å². The van der Waals surface area contributed by atoms with Crippen molar-refractivity contribution >= 4 is 17.5 Å². The molecule has 5 rings (SSSR count). The number of anilines is 1. The number of likely N-dealkylation sites (tertiary alicyclic amines) is 2. The molecule has 0 saturated carbocycles. The van der Waals surface area contributed by atoms with Gasteiger partial charge in [0.05, 0.1) is 18.8 Å². The minimum absolute atomic E-state index is 0.0329. The van der Waals surface area contributed by atoms with Gasteiger partial charge in [0.25, 0.3) is 0 Å². The number of aliphatic hydroxyl groups excluding tert-OH is 1. The minimum Gasteiger partial charge on any atom is -0.392 e. The molecule has 2 N–H and O–H groups in total. The Bertz CT molecular complexity index is 1240. The topological polar surface area (TPSA) is 91.3 Å². The molecule has 0 radical (unpaired) electrons. The summed E-state index contributed by atoms with van der Waals surface area (Å²) in [7, 11) is 0. The van der Waals surface area contributed by atoms with Gasteiger partial charge in [0.2, 0.25) is 5.91 Å². The van der Waals surface area contributed by atoms with Crippen LogP contribution in [0.3, 0.4) is 0 Å². The van der Waals surface area contributed by atoms with Crippen LogP contribution in [0, 0.1) is 5.92 Å². The molecule has 3 heterocycles. The molecule has 3 saturated heterocycles. The molecular formula is C31H38F3N3O5. The lowest BCUT2D eigenvalue weighted by molar-refractivity contribution is -0.276.